The molecule has 0 aliphatic heterocycles. The topological polar surface area (TPSA) is 55.4 Å². The van der Waals surface area contributed by atoms with Gasteiger partial charge in [0.05, 0.1) is 11.5 Å². The van der Waals surface area contributed by atoms with Gasteiger partial charge in [-0.15, -0.1) is 0 Å². The molecular weight excluding hydrogens is 342 g/mol. The molecular formula is C14H14BrNO3S. The van der Waals surface area contributed by atoms with Gasteiger partial charge < -0.3 is 4.74 Å². The molecule has 4 nitrogen and oxygen atoms in total. The third kappa shape index (κ3) is 3.74. The van der Waals surface area contributed by atoms with Crippen molar-refractivity contribution >= 4 is 31.6 Å². The highest BCUT2D eigenvalue weighted by molar-refractivity contribution is 9.10. The minimum atomic E-state index is -3.58. The van der Waals surface area contributed by atoms with Crippen LogP contribution >= 0.6 is 15.9 Å². The number of sulfonamides is 1. The van der Waals surface area contributed by atoms with Crippen molar-refractivity contribution in [1.82, 2.24) is 0 Å². The van der Waals surface area contributed by atoms with Crippen LogP contribution in [-0.2, 0) is 10.0 Å². The predicted molar refractivity (Wildman–Crippen MR) is 82.6 cm³/mol. The van der Waals surface area contributed by atoms with Crippen LogP contribution < -0.4 is 9.46 Å². The lowest BCUT2D eigenvalue weighted by atomic mass is 10.3. The summed E-state index contributed by atoms with van der Waals surface area (Å²) >= 11 is 3.26. The molecule has 0 aromatic heterocycles. The molecule has 0 bridgehead atoms. The Kier molecular flexibility index (Phi) is 4.67. The first kappa shape index (κ1) is 14.9. The van der Waals surface area contributed by atoms with Crippen LogP contribution in [0.4, 0.5) is 5.69 Å². The van der Waals surface area contributed by atoms with Crippen LogP contribution in [-0.4, -0.2) is 15.0 Å². The summed E-state index contributed by atoms with van der Waals surface area (Å²) in [6.45, 7) is 2.47. The van der Waals surface area contributed by atoms with Crippen LogP contribution in [0.15, 0.2) is 57.9 Å². The fourth-order valence-electron chi connectivity index (χ4n) is 1.63. The lowest BCUT2D eigenvalue weighted by Crippen LogP contribution is -2.12. The third-order valence-corrected chi connectivity index (χ3v) is 4.40. The largest absolute Gasteiger partial charge is 0.494 e. The van der Waals surface area contributed by atoms with Gasteiger partial charge in [0.1, 0.15) is 5.75 Å². The fraction of sp³-hybridized carbons (Fsp3) is 0.143. The van der Waals surface area contributed by atoms with Gasteiger partial charge in [0.2, 0.25) is 0 Å². The molecule has 0 fully saturated rings. The molecule has 2 rings (SSSR count). The number of hydrogen-bond acceptors (Lipinski definition) is 3. The van der Waals surface area contributed by atoms with E-state index in [1.54, 1.807) is 48.5 Å². The molecule has 1 N–H and O–H groups in total. The van der Waals surface area contributed by atoms with E-state index in [1.807, 2.05) is 6.92 Å². The van der Waals surface area contributed by atoms with Gasteiger partial charge in [0.25, 0.3) is 10.0 Å². The van der Waals surface area contributed by atoms with Crippen LogP contribution in [0.3, 0.4) is 0 Å². The van der Waals surface area contributed by atoms with Crippen LogP contribution in [0.5, 0.6) is 5.75 Å². The molecule has 0 saturated heterocycles. The highest BCUT2D eigenvalue weighted by Crippen LogP contribution is 2.21. The average Bonchev–Trinajstić information content (AvgIpc) is 2.41. The molecule has 2 aromatic carbocycles. The Morgan fingerprint density at radius 3 is 2.45 bits per heavy atom. The quantitative estimate of drug-likeness (QED) is 0.890. The van der Waals surface area contributed by atoms with Crippen molar-refractivity contribution in [3.63, 3.8) is 0 Å². The summed E-state index contributed by atoms with van der Waals surface area (Å²) in [5, 5.41) is 0. The van der Waals surface area contributed by atoms with E-state index in [0.29, 0.717) is 22.5 Å². The maximum atomic E-state index is 12.2. The van der Waals surface area contributed by atoms with Gasteiger partial charge in [0, 0.05) is 10.2 Å². The van der Waals surface area contributed by atoms with Crippen molar-refractivity contribution < 1.29 is 13.2 Å². The Hall–Kier alpha value is -1.53. The molecule has 20 heavy (non-hydrogen) atoms. The van der Waals surface area contributed by atoms with E-state index in [1.165, 1.54) is 0 Å². The zero-order valence-corrected chi connectivity index (χ0v) is 13.2. The second-order valence-electron chi connectivity index (χ2n) is 4.02. The molecule has 106 valence electrons. The molecule has 0 aliphatic rings. The van der Waals surface area contributed by atoms with Gasteiger partial charge in [-0.2, -0.15) is 0 Å². The van der Waals surface area contributed by atoms with Crippen LogP contribution in [0, 0.1) is 0 Å². The number of ether oxygens (including phenoxy) is 1. The smallest absolute Gasteiger partial charge is 0.261 e. The van der Waals surface area contributed by atoms with Crippen molar-refractivity contribution in [3.05, 3.63) is 53.0 Å². The maximum Gasteiger partial charge on any atom is 0.261 e. The molecule has 0 aliphatic carbocycles. The molecule has 0 spiro atoms. The normalized spacial score (nSPS) is 11.1. The van der Waals surface area contributed by atoms with Crippen LogP contribution in [0.2, 0.25) is 0 Å². The summed E-state index contributed by atoms with van der Waals surface area (Å²) in [5.41, 5.74) is 0.494. The molecule has 0 saturated carbocycles. The molecule has 0 radical (unpaired) electrons. The number of anilines is 1. The predicted octanol–water partition coefficient (Wildman–Crippen LogP) is 3.65. The Balaban J connectivity index is 2.20. The summed E-state index contributed by atoms with van der Waals surface area (Å²) in [6, 6.07) is 13.3. The Morgan fingerprint density at radius 2 is 1.85 bits per heavy atom. The van der Waals surface area contributed by atoms with E-state index in [9.17, 15) is 8.42 Å². The Bertz CT molecular complexity index is 684. The van der Waals surface area contributed by atoms with Gasteiger partial charge in [-0.05, 0) is 49.4 Å². The number of halogens is 1. The monoisotopic (exact) mass is 355 g/mol. The standard InChI is InChI=1S/C14H14BrNO3S/c1-2-19-13-8-6-12(7-9-13)16-20(17,18)14-5-3-4-11(15)10-14/h3-10,16H,2H2,1H3. The van der Waals surface area contributed by atoms with Crippen molar-refractivity contribution in [3.8, 4) is 5.75 Å². The average molecular weight is 356 g/mol. The molecule has 0 unspecified atom stereocenters. The van der Waals surface area contributed by atoms with Crippen molar-refractivity contribution in [2.75, 3.05) is 11.3 Å². The lowest BCUT2D eigenvalue weighted by Gasteiger charge is -2.09. The first-order chi connectivity index (χ1) is 9.51. The van der Waals surface area contributed by atoms with Gasteiger partial charge >= 0.3 is 0 Å². The van der Waals surface area contributed by atoms with Gasteiger partial charge in [0.15, 0.2) is 0 Å². The van der Waals surface area contributed by atoms with Crippen molar-refractivity contribution in [2.24, 2.45) is 0 Å². The highest BCUT2D eigenvalue weighted by atomic mass is 79.9. The summed E-state index contributed by atoms with van der Waals surface area (Å²) in [5.74, 6) is 0.706. The van der Waals surface area contributed by atoms with Gasteiger partial charge in [-0.3, -0.25) is 4.72 Å². The van der Waals surface area contributed by atoms with E-state index in [2.05, 4.69) is 20.7 Å². The minimum Gasteiger partial charge on any atom is -0.494 e. The van der Waals surface area contributed by atoms with Crippen LogP contribution in [0.25, 0.3) is 0 Å². The van der Waals surface area contributed by atoms with E-state index >= 15 is 0 Å². The minimum absolute atomic E-state index is 0.209. The fourth-order valence-corrected chi connectivity index (χ4v) is 3.29. The zero-order chi connectivity index (χ0) is 14.6. The summed E-state index contributed by atoms with van der Waals surface area (Å²) in [4.78, 5) is 0.209. The second-order valence-corrected chi connectivity index (χ2v) is 6.62. The van der Waals surface area contributed by atoms with E-state index in [4.69, 9.17) is 4.74 Å². The first-order valence-electron chi connectivity index (χ1n) is 6.02. The second kappa shape index (κ2) is 6.28. The van der Waals surface area contributed by atoms with E-state index in [-0.39, 0.29) is 4.90 Å². The van der Waals surface area contributed by atoms with Gasteiger partial charge in [-0.1, -0.05) is 22.0 Å². The van der Waals surface area contributed by atoms with Gasteiger partial charge in [-0.25, -0.2) is 8.42 Å². The molecule has 2 aromatic rings. The number of nitrogens with one attached hydrogen (secondary N) is 1. The number of hydrogen-bond donors (Lipinski definition) is 1. The Morgan fingerprint density at radius 1 is 1.15 bits per heavy atom. The van der Waals surface area contributed by atoms with Crippen LogP contribution in [0.1, 0.15) is 6.92 Å². The zero-order valence-electron chi connectivity index (χ0n) is 10.8. The highest BCUT2D eigenvalue weighted by Gasteiger charge is 2.14. The molecule has 0 amide bonds. The number of benzene rings is 2. The number of rotatable bonds is 5. The SMILES string of the molecule is CCOc1ccc(NS(=O)(=O)c2cccc(Br)c2)cc1. The van der Waals surface area contributed by atoms with Crippen molar-refractivity contribution in [2.45, 2.75) is 11.8 Å². The van der Waals surface area contributed by atoms with E-state index in [0.717, 1.165) is 0 Å². The molecule has 0 atom stereocenters. The molecule has 6 heteroatoms. The maximum absolute atomic E-state index is 12.2. The van der Waals surface area contributed by atoms with Crippen molar-refractivity contribution in [1.29, 1.82) is 0 Å². The summed E-state index contributed by atoms with van der Waals surface area (Å²) in [6.07, 6.45) is 0. The summed E-state index contributed by atoms with van der Waals surface area (Å²) in [7, 11) is -3.58. The third-order valence-electron chi connectivity index (χ3n) is 2.52. The summed E-state index contributed by atoms with van der Waals surface area (Å²) < 4.78 is 33.0. The first-order valence-corrected chi connectivity index (χ1v) is 8.30. The lowest BCUT2D eigenvalue weighted by molar-refractivity contribution is 0.340. The Labute approximate surface area is 127 Å². The van der Waals surface area contributed by atoms with E-state index < -0.39 is 10.0 Å². The molecule has 0 heterocycles.